The lowest BCUT2D eigenvalue weighted by molar-refractivity contribution is 0.0720. The molecule has 0 saturated carbocycles. The van der Waals surface area contributed by atoms with Crippen molar-refractivity contribution in [3.63, 3.8) is 0 Å². The molecular weight excluding hydrogens is 304 g/mol. The van der Waals surface area contributed by atoms with Crippen LogP contribution in [0.2, 0.25) is 0 Å². The molecule has 0 aliphatic carbocycles. The van der Waals surface area contributed by atoms with Crippen LogP contribution in [0.4, 0.5) is 0 Å². The summed E-state index contributed by atoms with van der Waals surface area (Å²) in [6, 6.07) is 1.75. The maximum atomic E-state index is 11.9. The van der Waals surface area contributed by atoms with Crippen molar-refractivity contribution in [1.29, 1.82) is 0 Å². The van der Waals surface area contributed by atoms with E-state index in [0.717, 1.165) is 4.47 Å². The molecule has 17 heavy (non-hydrogen) atoms. The van der Waals surface area contributed by atoms with Crippen LogP contribution in [-0.4, -0.2) is 39.7 Å². The Kier molecular flexibility index (Phi) is 5.09. The first-order valence-electron chi connectivity index (χ1n) is 5.17. The highest BCUT2D eigenvalue weighted by Crippen LogP contribution is 2.14. The van der Waals surface area contributed by atoms with Gasteiger partial charge in [0.1, 0.15) is 5.69 Å². The largest absolute Gasteiger partial charge is 0.387 e. The van der Waals surface area contributed by atoms with Gasteiger partial charge in [-0.2, -0.15) is 11.8 Å². The first-order chi connectivity index (χ1) is 7.85. The molecule has 0 bridgehead atoms. The number of carbonyl (C=O) groups is 1. The lowest BCUT2D eigenvalue weighted by Gasteiger charge is -2.22. The van der Waals surface area contributed by atoms with E-state index in [9.17, 15) is 9.90 Å². The van der Waals surface area contributed by atoms with Gasteiger partial charge in [0.2, 0.25) is 0 Å². The number of aryl methyl sites for hydroxylation is 1. The van der Waals surface area contributed by atoms with Gasteiger partial charge in [0, 0.05) is 30.0 Å². The van der Waals surface area contributed by atoms with Gasteiger partial charge in [-0.25, -0.2) is 0 Å². The van der Waals surface area contributed by atoms with Crippen LogP contribution in [-0.2, 0) is 7.05 Å². The van der Waals surface area contributed by atoms with E-state index >= 15 is 0 Å². The van der Waals surface area contributed by atoms with Gasteiger partial charge >= 0.3 is 0 Å². The van der Waals surface area contributed by atoms with Gasteiger partial charge in [-0.15, -0.1) is 0 Å². The summed E-state index contributed by atoms with van der Waals surface area (Å²) >= 11 is 4.86. The van der Waals surface area contributed by atoms with E-state index in [1.165, 1.54) is 0 Å². The predicted molar refractivity (Wildman–Crippen MR) is 74.5 cm³/mol. The minimum Gasteiger partial charge on any atom is -0.387 e. The summed E-state index contributed by atoms with van der Waals surface area (Å²) in [5.74, 6) is 0.406. The molecule has 1 amide bonds. The van der Waals surface area contributed by atoms with E-state index in [0.29, 0.717) is 11.4 Å². The Morgan fingerprint density at radius 1 is 1.71 bits per heavy atom. The number of thioether (sulfide) groups is 1. The number of nitrogens with one attached hydrogen (secondary N) is 1. The number of rotatable bonds is 5. The molecule has 4 nitrogen and oxygen atoms in total. The van der Waals surface area contributed by atoms with E-state index in [4.69, 9.17) is 0 Å². The van der Waals surface area contributed by atoms with Crippen LogP contribution in [0.15, 0.2) is 16.7 Å². The third kappa shape index (κ3) is 4.37. The van der Waals surface area contributed by atoms with Gasteiger partial charge < -0.3 is 15.0 Å². The van der Waals surface area contributed by atoms with Crippen molar-refractivity contribution in [3.8, 4) is 0 Å². The number of hydrogen-bond acceptors (Lipinski definition) is 3. The van der Waals surface area contributed by atoms with Gasteiger partial charge in [-0.1, -0.05) is 0 Å². The summed E-state index contributed by atoms with van der Waals surface area (Å²) in [6.07, 6.45) is 3.74. The van der Waals surface area contributed by atoms with Crippen LogP contribution in [0.1, 0.15) is 17.4 Å². The summed E-state index contributed by atoms with van der Waals surface area (Å²) in [7, 11) is 1.81. The topological polar surface area (TPSA) is 54.3 Å². The molecule has 1 heterocycles. The second-order valence-corrected chi connectivity index (χ2v) is 6.05. The van der Waals surface area contributed by atoms with Crippen molar-refractivity contribution in [1.82, 2.24) is 9.88 Å². The smallest absolute Gasteiger partial charge is 0.268 e. The zero-order valence-electron chi connectivity index (χ0n) is 10.2. The summed E-state index contributed by atoms with van der Waals surface area (Å²) < 4.78 is 2.60. The molecule has 0 aromatic carbocycles. The molecule has 1 atom stereocenters. The van der Waals surface area contributed by atoms with E-state index in [-0.39, 0.29) is 12.5 Å². The first-order valence-corrected chi connectivity index (χ1v) is 7.36. The Bertz CT molecular complexity index is 404. The molecule has 0 unspecified atom stereocenters. The average Bonchev–Trinajstić information content (AvgIpc) is 2.54. The Balaban J connectivity index is 2.59. The van der Waals surface area contributed by atoms with Gasteiger partial charge in [-0.3, -0.25) is 4.79 Å². The number of aromatic nitrogens is 1. The van der Waals surface area contributed by atoms with Crippen molar-refractivity contribution >= 4 is 33.6 Å². The van der Waals surface area contributed by atoms with Gasteiger partial charge in [-0.05, 0) is 35.2 Å². The van der Waals surface area contributed by atoms with E-state index in [2.05, 4.69) is 21.2 Å². The van der Waals surface area contributed by atoms with Gasteiger partial charge in [0.05, 0.1) is 5.60 Å². The Labute approximate surface area is 114 Å². The molecule has 0 spiro atoms. The highest BCUT2D eigenvalue weighted by molar-refractivity contribution is 9.10. The minimum atomic E-state index is -0.878. The number of carbonyl (C=O) groups excluding carboxylic acids is 1. The molecule has 0 fully saturated rings. The van der Waals surface area contributed by atoms with Crippen molar-refractivity contribution in [2.75, 3.05) is 18.6 Å². The fourth-order valence-electron chi connectivity index (χ4n) is 1.47. The lowest BCUT2D eigenvalue weighted by Crippen LogP contribution is -2.42. The molecule has 0 saturated heterocycles. The highest BCUT2D eigenvalue weighted by atomic mass is 79.9. The zero-order chi connectivity index (χ0) is 13.1. The fraction of sp³-hybridized carbons (Fsp3) is 0.545. The SMILES string of the molecule is CSC[C@@](C)(O)CNC(=O)c1cc(Br)cn1C. The van der Waals surface area contributed by atoms with Crippen LogP contribution in [0.25, 0.3) is 0 Å². The lowest BCUT2D eigenvalue weighted by atomic mass is 10.1. The molecule has 1 aromatic heterocycles. The molecule has 0 aliphatic heterocycles. The number of nitrogens with zero attached hydrogens (tertiary/aromatic N) is 1. The molecule has 6 heteroatoms. The third-order valence-electron chi connectivity index (χ3n) is 2.29. The van der Waals surface area contributed by atoms with E-state index in [1.54, 1.807) is 36.4 Å². The third-order valence-corrected chi connectivity index (χ3v) is 3.63. The van der Waals surface area contributed by atoms with Crippen LogP contribution in [0.5, 0.6) is 0 Å². The van der Waals surface area contributed by atoms with E-state index in [1.807, 2.05) is 12.5 Å². The second kappa shape index (κ2) is 5.93. The summed E-state index contributed by atoms with van der Waals surface area (Å²) in [5, 5.41) is 12.7. The van der Waals surface area contributed by atoms with Crippen LogP contribution in [0, 0.1) is 0 Å². The van der Waals surface area contributed by atoms with Crippen molar-refractivity contribution in [2.45, 2.75) is 12.5 Å². The van der Waals surface area contributed by atoms with Gasteiger partial charge in [0.25, 0.3) is 5.91 Å². The Hall–Kier alpha value is -0.460. The number of halogens is 1. The van der Waals surface area contributed by atoms with Crippen LogP contribution >= 0.6 is 27.7 Å². The molecule has 0 aliphatic rings. The predicted octanol–water partition coefficient (Wildman–Crippen LogP) is 1.63. The molecule has 1 rings (SSSR count). The minimum absolute atomic E-state index is 0.181. The summed E-state index contributed by atoms with van der Waals surface area (Å²) in [6.45, 7) is 1.96. The van der Waals surface area contributed by atoms with Crippen molar-refractivity contribution in [2.24, 2.45) is 7.05 Å². The summed E-state index contributed by atoms with van der Waals surface area (Å²) in [4.78, 5) is 11.9. The normalized spacial score (nSPS) is 14.4. The van der Waals surface area contributed by atoms with E-state index < -0.39 is 5.60 Å². The Morgan fingerprint density at radius 2 is 2.35 bits per heavy atom. The molecule has 96 valence electrons. The number of aliphatic hydroxyl groups is 1. The van der Waals surface area contributed by atoms with Crippen LogP contribution < -0.4 is 5.32 Å². The second-order valence-electron chi connectivity index (χ2n) is 4.27. The first kappa shape index (κ1) is 14.6. The molecule has 0 radical (unpaired) electrons. The highest BCUT2D eigenvalue weighted by Gasteiger charge is 2.21. The number of hydrogen-bond donors (Lipinski definition) is 2. The standard InChI is InChI=1S/C11H17BrN2O2S/c1-11(16,7-17-3)6-13-10(15)9-4-8(12)5-14(9)2/h4-5,16H,6-7H2,1-3H3,(H,13,15)/t11-/m0/s1. The van der Waals surface area contributed by atoms with Gasteiger partial charge in [0.15, 0.2) is 0 Å². The number of amides is 1. The molecule has 1 aromatic rings. The molecule has 2 N–H and O–H groups in total. The monoisotopic (exact) mass is 320 g/mol. The molecular formula is C11H17BrN2O2S. The summed E-state index contributed by atoms with van der Waals surface area (Å²) in [5.41, 5.74) is -0.311. The maximum Gasteiger partial charge on any atom is 0.268 e. The zero-order valence-corrected chi connectivity index (χ0v) is 12.6. The van der Waals surface area contributed by atoms with Crippen molar-refractivity contribution < 1.29 is 9.90 Å². The quantitative estimate of drug-likeness (QED) is 0.867. The average molecular weight is 321 g/mol. The Morgan fingerprint density at radius 3 is 2.82 bits per heavy atom. The maximum absolute atomic E-state index is 11.9. The van der Waals surface area contributed by atoms with Crippen LogP contribution in [0.3, 0.4) is 0 Å². The fourth-order valence-corrected chi connectivity index (χ4v) is 2.72. The van der Waals surface area contributed by atoms with Crippen molar-refractivity contribution in [3.05, 3.63) is 22.4 Å².